The zero-order valence-corrected chi connectivity index (χ0v) is 27.2. The molecular formula is C33H42N6O6. The molecule has 45 heavy (non-hydrogen) atoms. The van der Waals surface area contributed by atoms with Crippen molar-refractivity contribution in [1.82, 2.24) is 24.4 Å². The number of imide groups is 1. The van der Waals surface area contributed by atoms with Gasteiger partial charge in [-0.2, -0.15) is 4.90 Å². The van der Waals surface area contributed by atoms with Gasteiger partial charge in [0.05, 0.1) is 22.7 Å². The van der Waals surface area contributed by atoms with E-state index in [1.165, 1.54) is 6.33 Å². The van der Waals surface area contributed by atoms with Crippen LogP contribution in [-0.4, -0.2) is 74.6 Å². The van der Waals surface area contributed by atoms with Gasteiger partial charge in [-0.1, -0.05) is 6.07 Å². The summed E-state index contributed by atoms with van der Waals surface area (Å²) in [5.41, 5.74) is 0.708. The van der Waals surface area contributed by atoms with Gasteiger partial charge in [-0.15, -0.1) is 0 Å². The van der Waals surface area contributed by atoms with Crippen molar-refractivity contribution >= 4 is 39.9 Å². The lowest BCUT2D eigenvalue weighted by Crippen LogP contribution is -2.44. The van der Waals surface area contributed by atoms with E-state index in [1.54, 1.807) is 47.6 Å². The van der Waals surface area contributed by atoms with Crippen molar-refractivity contribution in [3.8, 4) is 5.75 Å². The SMILES string of the molecule is CN(C)Cc1ccc2ccc(OCC3CCC(n4ccc5c(N(C(=O)OC(C)(C)C)C(=O)OC(C)(C)C)ncnc54)O3)cc2n1. The van der Waals surface area contributed by atoms with Gasteiger partial charge in [-0.05, 0) is 92.7 Å². The number of fused-ring (bicyclic) bond motifs is 2. The average Bonchev–Trinajstić information content (AvgIpc) is 3.57. The number of nitrogens with zero attached hydrogens (tertiary/aromatic N) is 6. The summed E-state index contributed by atoms with van der Waals surface area (Å²) >= 11 is 0. The summed E-state index contributed by atoms with van der Waals surface area (Å²) < 4.78 is 25.5. The van der Waals surface area contributed by atoms with E-state index >= 15 is 0 Å². The van der Waals surface area contributed by atoms with Crippen LogP contribution in [0.5, 0.6) is 5.75 Å². The zero-order chi connectivity index (χ0) is 32.5. The number of anilines is 1. The van der Waals surface area contributed by atoms with Gasteiger partial charge in [0, 0.05) is 24.2 Å². The van der Waals surface area contributed by atoms with Crippen molar-refractivity contribution in [1.29, 1.82) is 0 Å². The Morgan fingerprint density at radius 2 is 1.64 bits per heavy atom. The smallest absolute Gasteiger partial charge is 0.425 e. The Bertz CT molecular complexity index is 1660. The minimum Gasteiger partial charge on any atom is -0.491 e. The molecular weight excluding hydrogens is 576 g/mol. The van der Waals surface area contributed by atoms with E-state index < -0.39 is 23.4 Å². The molecule has 0 aliphatic carbocycles. The first kappa shape index (κ1) is 32.1. The van der Waals surface area contributed by atoms with Crippen molar-refractivity contribution in [2.75, 3.05) is 25.6 Å². The van der Waals surface area contributed by atoms with E-state index in [1.807, 2.05) is 49.1 Å². The third-order valence-electron chi connectivity index (χ3n) is 6.88. The van der Waals surface area contributed by atoms with E-state index in [4.69, 9.17) is 23.9 Å². The van der Waals surface area contributed by atoms with Gasteiger partial charge in [-0.25, -0.2) is 19.6 Å². The van der Waals surface area contributed by atoms with E-state index in [0.717, 1.165) is 46.6 Å². The average molecular weight is 619 g/mol. The first-order chi connectivity index (χ1) is 21.2. The summed E-state index contributed by atoms with van der Waals surface area (Å²) in [4.78, 5) is 42.9. The molecule has 3 aromatic heterocycles. The molecule has 0 bridgehead atoms. The molecule has 5 rings (SSSR count). The molecule has 1 aliphatic heterocycles. The lowest BCUT2D eigenvalue weighted by Gasteiger charge is -2.28. The minimum atomic E-state index is -0.892. The molecule has 1 aromatic carbocycles. The molecule has 0 spiro atoms. The van der Waals surface area contributed by atoms with E-state index in [9.17, 15) is 9.59 Å². The molecule has 2 amide bonds. The Hall–Kier alpha value is -4.29. The highest BCUT2D eigenvalue weighted by molar-refractivity contribution is 6.13. The quantitative estimate of drug-likeness (QED) is 0.228. The third kappa shape index (κ3) is 7.87. The van der Waals surface area contributed by atoms with Crippen LogP contribution in [0.1, 0.15) is 66.3 Å². The molecule has 2 unspecified atom stereocenters. The second kappa shape index (κ2) is 12.6. The fourth-order valence-electron chi connectivity index (χ4n) is 5.07. The summed E-state index contributed by atoms with van der Waals surface area (Å²) in [6.07, 6.45) is 2.39. The first-order valence-corrected chi connectivity index (χ1v) is 15.1. The molecule has 12 nitrogen and oxygen atoms in total. The van der Waals surface area contributed by atoms with Crippen LogP contribution in [0.2, 0.25) is 0 Å². The molecule has 1 aliphatic rings. The Morgan fingerprint density at radius 1 is 0.956 bits per heavy atom. The number of hydrogen-bond donors (Lipinski definition) is 0. The predicted molar refractivity (Wildman–Crippen MR) is 170 cm³/mol. The van der Waals surface area contributed by atoms with Gasteiger partial charge >= 0.3 is 12.2 Å². The molecule has 2 atom stereocenters. The zero-order valence-electron chi connectivity index (χ0n) is 27.2. The first-order valence-electron chi connectivity index (χ1n) is 15.1. The van der Waals surface area contributed by atoms with Crippen LogP contribution in [0.3, 0.4) is 0 Å². The predicted octanol–water partition coefficient (Wildman–Crippen LogP) is 6.47. The maximum atomic E-state index is 13.2. The fraction of sp³-hybridized carbons (Fsp3) is 0.485. The second-order valence-corrected chi connectivity index (χ2v) is 13.4. The van der Waals surface area contributed by atoms with Crippen molar-refractivity contribution in [3.05, 3.63) is 54.6 Å². The van der Waals surface area contributed by atoms with Crippen LogP contribution in [0.4, 0.5) is 15.4 Å². The normalized spacial score (nSPS) is 17.2. The van der Waals surface area contributed by atoms with Crippen LogP contribution in [0.15, 0.2) is 48.9 Å². The van der Waals surface area contributed by atoms with Crippen LogP contribution >= 0.6 is 0 Å². The Morgan fingerprint density at radius 3 is 2.31 bits per heavy atom. The number of hydrogen-bond acceptors (Lipinski definition) is 10. The van der Waals surface area contributed by atoms with E-state index in [2.05, 4.69) is 20.9 Å². The Kier molecular flexibility index (Phi) is 8.99. The highest BCUT2D eigenvalue weighted by Gasteiger charge is 2.36. The molecule has 4 heterocycles. The summed E-state index contributed by atoms with van der Waals surface area (Å²) in [6.45, 7) is 11.5. The number of carbonyl (C=O) groups excluding carboxylic acids is 2. The van der Waals surface area contributed by atoms with Gasteiger partial charge in [-0.3, -0.25) is 4.98 Å². The van der Waals surface area contributed by atoms with Crippen LogP contribution < -0.4 is 9.64 Å². The molecule has 1 saturated heterocycles. The molecule has 1 fully saturated rings. The largest absolute Gasteiger partial charge is 0.491 e. The Balaban J connectivity index is 1.32. The number of benzene rings is 1. The number of ether oxygens (including phenoxy) is 4. The number of aromatic nitrogens is 4. The molecule has 12 heteroatoms. The van der Waals surface area contributed by atoms with Crippen LogP contribution in [-0.2, 0) is 20.8 Å². The molecule has 240 valence electrons. The van der Waals surface area contributed by atoms with Gasteiger partial charge in [0.1, 0.15) is 41.8 Å². The van der Waals surface area contributed by atoms with Crippen molar-refractivity contribution < 1.29 is 28.5 Å². The third-order valence-corrected chi connectivity index (χ3v) is 6.88. The topological polar surface area (TPSA) is 121 Å². The minimum absolute atomic E-state index is 0.0683. The van der Waals surface area contributed by atoms with Gasteiger partial charge in [0.25, 0.3) is 0 Å². The van der Waals surface area contributed by atoms with Crippen molar-refractivity contribution in [2.24, 2.45) is 0 Å². The molecule has 4 aromatic rings. The highest BCUT2D eigenvalue weighted by Crippen LogP contribution is 2.34. The summed E-state index contributed by atoms with van der Waals surface area (Å²) in [5.74, 6) is 0.802. The van der Waals surface area contributed by atoms with Gasteiger partial charge < -0.3 is 28.4 Å². The molecule has 0 saturated carbocycles. The van der Waals surface area contributed by atoms with Crippen LogP contribution in [0.25, 0.3) is 21.9 Å². The van der Waals surface area contributed by atoms with Gasteiger partial charge in [0.2, 0.25) is 0 Å². The molecule has 0 N–H and O–H groups in total. The number of pyridine rings is 1. The Labute approximate surface area is 263 Å². The van der Waals surface area contributed by atoms with E-state index in [0.29, 0.717) is 17.6 Å². The van der Waals surface area contributed by atoms with E-state index in [-0.39, 0.29) is 18.1 Å². The highest BCUT2D eigenvalue weighted by atomic mass is 16.6. The monoisotopic (exact) mass is 618 g/mol. The summed E-state index contributed by atoms with van der Waals surface area (Å²) in [7, 11) is 4.04. The fourth-order valence-corrected chi connectivity index (χ4v) is 5.07. The van der Waals surface area contributed by atoms with Crippen LogP contribution in [0, 0.1) is 0 Å². The number of amides is 2. The van der Waals surface area contributed by atoms with Crippen molar-refractivity contribution in [3.63, 3.8) is 0 Å². The maximum absolute atomic E-state index is 13.2. The molecule has 0 radical (unpaired) electrons. The maximum Gasteiger partial charge on any atom is 0.425 e. The standard InChI is InChI=1S/C33H42N6O6/c1-32(2,3)44-30(40)39(31(41)45-33(4,5)6)29-25-15-16-38(28(25)34-20-35-29)27-14-13-24(43-27)19-42-23-12-10-21-9-11-22(18-37(7)8)36-26(21)17-23/h9-12,15-17,20,24,27H,13-14,18-19H2,1-8H3. The van der Waals surface area contributed by atoms with Gasteiger partial charge in [0.15, 0.2) is 5.82 Å². The second-order valence-electron chi connectivity index (χ2n) is 13.4. The lowest BCUT2D eigenvalue weighted by atomic mass is 10.2. The number of rotatable bonds is 7. The summed E-state index contributed by atoms with van der Waals surface area (Å²) in [5, 5.41) is 1.54. The number of carbonyl (C=O) groups is 2. The summed E-state index contributed by atoms with van der Waals surface area (Å²) in [6, 6.07) is 11.8. The van der Waals surface area contributed by atoms with Crippen molar-refractivity contribution in [2.45, 2.75) is 84.5 Å². The lowest BCUT2D eigenvalue weighted by molar-refractivity contribution is -0.0156.